The molecule has 0 aliphatic carbocycles. The average molecular weight is 294 g/mol. The van der Waals surface area contributed by atoms with Crippen molar-refractivity contribution in [3.05, 3.63) is 47.5 Å². The van der Waals surface area contributed by atoms with Crippen LogP contribution in [0.25, 0.3) is 0 Å². The van der Waals surface area contributed by atoms with Gasteiger partial charge in [-0.15, -0.1) is 0 Å². The monoisotopic (exact) mass is 294 g/mol. The Bertz CT molecular complexity index is 749. The molecule has 0 saturated heterocycles. The van der Waals surface area contributed by atoms with Crippen molar-refractivity contribution in [1.29, 1.82) is 0 Å². The lowest BCUT2D eigenvalue weighted by molar-refractivity contribution is 0.0696. The van der Waals surface area contributed by atoms with Crippen molar-refractivity contribution < 1.29 is 18.3 Å². The smallest absolute Gasteiger partial charge is 0.335 e. The summed E-state index contributed by atoms with van der Waals surface area (Å²) >= 11 is 0. The fourth-order valence-electron chi connectivity index (χ4n) is 2.20. The Kier molecular flexibility index (Phi) is 3.63. The van der Waals surface area contributed by atoms with Crippen LogP contribution in [0.5, 0.6) is 0 Å². The summed E-state index contributed by atoms with van der Waals surface area (Å²) in [5.41, 5.74) is 0.811. The van der Waals surface area contributed by atoms with Crippen molar-refractivity contribution in [3.8, 4) is 0 Å². The Labute approximate surface area is 116 Å². The summed E-state index contributed by atoms with van der Waals surface area (Å²) in [5, 5.41) is 9.09. The molecule has 0 fully saturated rings. The van der Waals surface area contributed by atoms with E-state index in [9.17, 15) is 13.2 Å². The van der Waals surface area contributed by atoms with Gasteiger partial charge in [0.2, 0.25) is 0 Å². The molecule has 6 nitrogen and oxygen atoms in total. The van der Waals surface area contributed by atoms with Gasteiger partial charge in [-0.3, -0.25) is 0 Å². The highest BCUT2D eigenvalue weighted by molar-refractivity contribution is 7.90. The molecule has 2 aromatic rings. The van der Waals surface area contributed by atoms with Crippen LogP contribution >= 0.6 is 0 Å². The summed E-state index contributed by atoms with van der Waals surface area (Å²) in [5.74, 6) is -1.14. The minimum Gasteiger partial charge on any atom is -0.478 e. The van der Waals surface area contributed by atoms with Crippen LogP contribution in [0.4, 0.5) is 0 Å². The fraction of sp³-hybridized carbons (Fsp3) is 0.231. The molecule has 1 heterocycles. The third-order valence-corrected chi connectivity index (χ3v) is 4.31. The molecule has 1 aromatic carbocycles. The molecule has 7 heteroatoms. The first-order valence-electron chi connectivity index (χ1n) is 5.82. The largest absolute Gasteiger partial charge is 0.478 e. The number of carboxylic acids is 1. The Morgan fingerprint density at radius 3 is 2.60 bits per heavy atom. The number of aromatic nitrogens is 2. The summed E-state index contributed by atoms with van der Waals surface area (Å²) < 4.78 is 25.6. The van der Waals surface area contributed by atoms with Crippen LogP contribution in [0.15, 0.2) is 35.7 Å². The zero-order chi connectivity index (χ0) is 14.9. The third kappa shape index (κ3) is 2.72. The topological polar surface area (TPSA) is 89.3 Å². The van der Waals surface area contributed by atoms with Gasteiger partial charge in [-0.25, -0.2) is 18.2 Å². The maximum atomic E-state index is 12.0. The normalized spacial score (nSPS) is 11.5. The molecular formula is C13H14N2O4S. The molecule has 0 unspecified atom stereocenters. The summed E-state index contributed by atoms with van der Waals surface area (Å²) in [6.07, 6.45) is 5.97. The highest BCUT2D eigenvalue weighted by Gasteiger charge is 2.21. The number of sulfone groups is 1. The number of carbonyl (C=O) groups is 1. The third-order valence-electron chi connectivity index (χ3n) is 3.00. The molecule has 20 heavy (non-hydrogen) atoms. The number of benzene rings is 1. The van der Waals surface area contributed by atoms with Gasteiger partial charge in [-0.1, -0.05) is 6.07 Å². The van der Waals surface area contributed by atoms with Gasteiger partial charge in [0.05, 0.1) is 16.8 Å². The molecule has 1 N–H and O–H groups in total. The lowest BCUT2D eigenvalue weighted by Gasteiger charge is -2.13. The lowest BCUT2D eigenvalue weighted by atomic mass is 10.0. The quantitative estimate of drug-likeness (QED) is 0.919. The number of nitrogens with zero attached hydrogens (tertiary/aromatic N) is 2. The Morgan fingerprint density at radius 1 is 1.40 bits per heavy atom. The van der Waals surface area contributed by atoms with Crippen LogP contribution in [0, 0.1) is 6.92 Å². The fourth-order valence-corrected chi connectivity index (χ4v) is 3.47. The van der Waals surface area contributed by atoms with Gasteiger partial charge < -0.3 is 9.67 Å². The first-order valence-corrected chi connectivity index (χ1v) is 7.71. The van der Waals surface area contributed by atoms with Crippen LogP contribution in [-0.4, -0.2) is 35.3 Å². The first-order chi connectivity index (χ1) is 9.30. The molecule has 1 aromatic heterocycles. The van der Waals surface area contributed by atoms with E-state index in [4.69, 9.17) is 5.11 Å². The van der Waals surface area contributed by atoms with Crippen LogP contribution in [0.1, 0.15) is 21.5 Å². The molecule has 0 radical (unpaired) electrons. The number of carboxylic acid groups (broad SMARTS) is 1. The van der Waals surface area contributed by atoms with E-state index in [1.807, 2.05) is 0 Å². The molecular weight excluding hydrogens is 280 g/mol. The van der Waals surface area contributed by atoms with E-state index < -0.39 is 15.8 Å². The van der Waals surface area contributed by atoms with E-state index in [0.29, 0.717) is 12.1 Å². The minimum atomic E-state index is -3.52. The second-order valence-electron chi connectivity index (χ2n) is 4.54. The number of rotatable bonds is 4. The van der Waals surface area contributed by atoms with Gasteiger partial charge in [0.25, 0.3) is 0 Å². The van der Waals surface area contributed by atoms with Gasteiger partial charge in [0.15, 0.2) is 9.84 Å². The van der Waals surface area contributed by atoms with Gasteiger partial charge in [-0.2, -0.15) is 0 Å². The Hall–Kier alpha value is -2.15. The zero-order valence-corrected chi connectivity index (χ0v) is 11.9. The minimum absolute atomic E-state index is 0.000180. The van der Waals surface area contributed by atoms with Crippen molar-refractivity contribution in [2.24, 2.45) is 0 Å². The number of aromatic carboxylic acids is 1. The second kappa shape index (κ2) is 5.09. The highest BCUT2D eigenvalue weighted by atomic mass is 32.2. The molecule has 106 valence electrons. The predicted octanol–water partition coefficient (Wildman–Crippen LogP) is 1.34. The van der Waals surface area contributed by atoms with E-state index in [1.165, 1.54) is 19.1 Å². The van der Waals surface area contributed by atoms with E-state index >= 15 is 0 Å². The van der Waals surface area contributed by atoms with Crippen molar-refractivity contribution in [3.63, 3.8) is 0 Å². The number of imidazole rings is 1. The second-order valence-corrected chi connectivity index (χ2v) is 6.49. The van der Waals surface area contributed by atoms with E-state index in [-0.39, 0.29) is 16.0 Å². The summed E-state index contributed by atoms with van der Waals surface area (Å²) in [6.45, 7) is 1.83. The molecule has 0 spiro atoms. The molecule has 0 bridgehead atoms. The molecule has 2 rings (SSSR count). The average Bonchev–Trinajstić information content (AvgIpc) is 2.79. The van der Waals surface area contributed by atoms with Gasteiger partial charge in [0, 0.05) is 25.2 Å². The van der Waals surface area contributed by atoms with Crippen molar-refractivity contribution in [2.75, 3.05) is 6.26 Å². The molecule has 0 saturated carbocycles. The van der Waals surface area contributed by atoms with Gasteiger partial charge in [-0.05, 0) is 24.1 Å². The van der Waals surface area contributed by atoms with Crippen molar-refractivity contribution in [1.82, 2.24) is 9.55 Å². The maximum absolute atomic E-state index is 12.0. The highest BCUT2D eigenvalue weighted by Crippen LogP contribution is 2.24. The molecule has 0 amide bonds. The number of hydrogen-bond acceptors (Lipinski definition) is 4. The Morgan fingerprint density at radius 2 is 2.10 bits per heavy atom. The van der Waals surface area contributed by atoms with Crippen LogP contribution in [0.2, 0.25) is 0 Å². The summed E-state index contributed by atoms with van der Waals surface area (Å²) in [4.78, 5) is 15.1. The van der Waals surface area contributed by atoms with E-state index in [0.717, 1.165) is 6.26 Å². The van der Waals surface area contributed by atoms with Gasteiger partial charge in [0.1, 0.15) is 0 Å². The SMILES string of the molecule is Cc1c(C(=O)O)ccc(Cn2ccnc2)c1S(C)(=O)=O. The summed E-state index contributed by atoms with van der Waals surface area (Å²) in [6, 6.07) is 2.96. The zero-order valence-electron chi connectivity index (χ0n) is 11.1. The number of hydrogen-bond donors (Lipinski definition) is 1. The van der Waals surface area contributed by atoms with Crippen LogP contribution in [-0.2, 0) is 16.4 Å². The lowest BCUT2D eigenvalue weighted by Crippen LogP contribution is -2.12. The standard InChI is InChI=1S/C13H14N2O4S/c1-9-11(13(16)17)4-3-10(12(9)20(2,18)19)7-15-6-5-14-8-15/h3-6,8H,7H2,1-2H3,(H,16,17). The summed E-state index contributed by atoms with van der Waals surface area (Å²) in [7, 11) is -3.52. The molecule has 0 atom stereocenters. The molecule has 0 aliphatic heterocycles. The van der Waals surface area contributed by atoms with Crippen molar-refractivity contribution >= 4 is 15.8 Å². The molecule has 0 aliphatic rings. The van der Waals surface area contributed by atoms with Crippen LogP contribution < -0.4 is 0 Å². The maximum Gasteiger partial charge on any atom is 0.335 e. The van der Waals surface area contributed by atoms with E-state index in [2.05, 4.69) is 4.98 Å². The predicted molar refractivity (Wildman–Crippen MR) is 72.6 cm³/mol. The van der Waals surface area contributed by atoms with Crippen molar-refractivity contribution in [2.45, 2.75) is 18.4 Å². The Balaban J connectivity index is 2.63. The van der Waals surface area contributed by atoms with E-state index in [1.54, 1.807) is 23.3 Å². The van der Waals surface area contributed by atoms with Crippen LogP contribution in [0.3, 0.4) is 0 Å². The van der Waals surface area contributed by atoms with Gasteiger partial charge >= 0.3 is 5.97 Å². The first kappa shape index (κ1) is 14.3.